The fourth-order valence-electron chi connectivity index (χ4n) is 3.35. The second-order valence-corrected chi connectivity index (χ2v) is 6.59. The average molecular weight is 282 g/mol. The zero-order chi connectivity index (χ0) is 14.5. The van der Waals surface area contributed by atoms with Gasteiger partial charge in [0.15, 0.2) is 0 Å². The van der Waals surface area contributed by atoms with Crippen LogP contribution < -0.4 is 5.32 Å². The highest BCUT2D eigenvalue weighted by molar-refractivity contribution is 5.78. The predicted molar refractivity (Wildman–Crippen MR) is 89.2 cm³/mol. The van der Waals surface area contributed by atoms with Crippen LogP contribution in [0.2, 0.25) is 0 Å². The van der Waals surface area contributed by atoms with E-state index in [2.05, 4.69) is 48.6 Å². The van der Waals surface area contributed by atoms with Gasteiger partial charge < -0.3 is 5.32 Å². The number of para-hydroxylation sites is 1. The second-order valence-electron chi connectivity index (χ2n) is 6.59. The van der Waals surface area contributed by atoms with Crippen LogP contribution in [0.4, 0.5) is 0 Å². The van der Waals surface area contributed by atoms with Crippen LogP contribution in [0.25, 0.3) is 10.9 Å². The molecule has 0 spiro atoms. The van der Waals surface area contributed by atoms with Crippen LogP contribution in [0.5, 0.6) is 0 Å². The van der Waals surface area contributed by atoms with Gasteiger partial charge in [0.1, 0.15) is 0 Å². The van der Waals surface area contributed by atoms with Crippen molar-refractivity contribution < 1.29 is 0 Å². The number of rotatable bonds is 5. The van der Waals surface area contributed by atoms with Crippen LogP contribution >= 0.6 is 0 Å². The summed E-state index contributed by atoms with van der Waals surface area (Å²) in [6, 6.07) is 12.6. The highest BCUT2D eigenvalue weighted by atomic mass is 14.9. The van der Waals surface area contributed by atoms with Gasteiger partial charge in [0, 0.05) is 11.9 Å². The van der Waals surface area contributed by atoms with E-state index in [9.17, 15) is 0 Å². The molecule has 1 fully saturated rings. The summed E-state index contributed by atoms with van der Waals surface area (Å²) in [5.41, 5.74) is 2.24. The summed E-state index contributed by atoms with van der Waals surface area (Å²) < 4.78 is 0. The van der Waals surface area contributed by atoms with E-state index in [1.165, 1.54) is 37.5 Å². The molecule has 21 heavy (non-hydrogen) atoms. The van der Waals surface area contributed by atoms with Gasteiger partial charge in [0.2, 0.25) is 0 Å². The molecule has 1 aromatic heterocycles. The number of nitrogens with zero attached hydrogens (tertiary/aromatic N) is 1. The molecule has 0 aliphatic heterocycles. The molecule has 2 heteroatoms. The maximum absolute atomic E-state index is 4.71. The lowest BCUT2D eigenvalue weighted by molar-refractivity contribution is 0.275. The molecule has 0 unspecified atom stereocenters. The van der Waals surface area contributed by atoms with Gasteiger partial charge in [-0.05, 0) is 36.9 Å². The molecule has 1 aliphatic rings. The molecule has 1 heterocycles. The van der Waals surface area contributed by atoms with Crippen molar-refractivity contribution in [3.63, 3.8) is 0 Å². The molecule has 0 bridgehead atoms. The van der Waals surface area contributed by atoms with Gasteiger partial charge in [-0.3, -0.25) is 4.98 Å². The Balaban J connectivity index is 1.44. The predicted octanol–water partition coefficient (Wildman–Crippen LogP) is 4.54. The molecule has 0 saturated heterocycles. The molecule has 0 atom stereocenters. The van der Waals surface area contributed by atoms with Crippen LogP contribution in [0, 0.1) is 11.8 Å². The molecule has 2 aromatic rings. The van der Waals surface area contributed by atoms with Gasteiger partial charge in [0.25, 0.3) is 0 Å². The van der Waals surface area contributed by atoms with Crippen molar-refractivity contribution in [3.8, 4) is 0 Å². The quantitative estimate of drug-likeness (QED) is 0.814. The first-order valence-electron chi connectivity index (χ1n) is 8.36. The van der Waals surface area contributed by atoms with Crippen LogP contribution in [0.15, 0.2) is 36.4 Å². The third-order valence-corrected chi connectivity index (χ3v) is 4.83. The number of pyridine rings is 1. The van der Waals surface area contributed by atoms with Gasteiger partial charge in [-0.25, -0.2) is 0 Å². The van der Waals surface area contributed by atoms with E-state index >= 15 is 0 Å². The summed E-state index contributed by atoms with van der Waals surface area (Å²) in [5.74, 6) is 1.90. The molecule has 1 saturated carbocycles. The third kappa shape index (κ3) is 4.04. The fourth-order valence-corrected chi connectivity index (χ4v) is 3.35. The Hall–Kier alpha value is -1.41. The first-order chi connectivity index (χ1) is 10.3. The monoisotopic (exact) mass is 282 g/mol. The molecule has 1 aliphatic carbocycles. The lowest BCUT2D eigenvalue weighted by atomic mass is 9.81. The minimum absolute atomic E-state index is 0.883. The molecule has 112 valence electrons. The summed E-state index contributed by atoms with van der Waals surface area (Å²) in [5, 5.41) is 4.78. The summed E-state index contributed by atoms with van der Waals surface area (Å²) in [6.07, 6.45) is 7.03. The number of aromatic nitrogens is 1. The van der Waals surface area contributed by atoms with Crippen molar-refractivity contribution in [1.29, 1.82) is 0 Å². The third-order valence-electron chi connectivity index (χ3n) is 4.83. The van der Waals surface area contributed by atoms with E-state index in [0.29, 0.717) is 0 Å². The molecular formula is C19H26N2. The van der Waals surface area contributed by atoms with Gasteiger partial charge in [-0.1, -0.05) is 56.9 Å². The number of hydrogen-bond acceptors (Lipinski definition) is 2. The molecule has 0 radical (unpaired) electrons. The summed E-state index contributed by atoms with van der Waals surface area (Å²) in [4.78, 5) is 4.71. The maximum atomic E-state index is 4.71. The highest BCUT2D eigenvalue weighted by Gasteiger charge is 2.17. The van der Waals surface area contributed by atoms with Gasteiger partial charge in [0.05, 0.1) is 11.2 Å². The first kappa shape index (κ1) is 14.5. The molecule has 1 aromatic carbocycles. The Kier molecular flexibility index (Phi) is 4.87. The van der Waals surface area contributed by atoms with Crippen LogP contribution in [0.3, 0.4) is 0 Å². The summed E-state index contributed by atoms with van der Waals surface area (Å²) in [6.45, 7) is 4.39. The zero-order valence-corrected chi connectivity index (χ0v) is 13.0. The molecule has 2 nitrogen and oxygen atoms in total. The summed E-state index contributed by atoms with van der Waals surface area (Å²) >= 11 is 0. The standard InChI is InChI=1S/C19H26N2/c1-15-6-8-16(9-7-15)12-13-20-14-18-11-10-17-4-2-3-5-19(17)21-18/h2-5,10-11,15-16,20H,6-9,12-14H2,1H3. The van der Waals surface area contributed by atoms with E-state index in [-0.39, 0.29) is 0 Å². The smallest absolute Gasteiger partial charge is 0.0705 e. The lowest BCUT2D eigenvalue weighted by Crippen LogP contribution is -2.21. The zero-order valence-electron chi connectivity index (χ0n) is 13.0. The Morgan fingerprint density at radius 2 is 1.86 bits per heavy atom. The van der Waals surface area contributed by atoms with Crippen molar-refractivity contribution in [2.75, 3.05) is 6.54 Å². The Labute approximate surface area is 128 Å². The SMILES string of the molecule is CC1CCC(CCNCc2ccc3ccccc3n2)CC1. The molecule has 1 N–H and O–H groups in total. The Morgan fingerprint density at radius 1 is 1.05 bits per heavy atom. The lowest BCUT2D eigenvalue weighted by Gasteiger charge is -2.26. The fraction of sp³-hybridized carbons (Fsp3) is 0.526. The Bertz CT molecular complexity index is 571. The van der Waals surface area contributed by atoms with Crippen LogP contribution in [0.1, 0.15) is 44.7 Å². The van der Waals surface area contributed by atoms with Crippen LogP contribution in [-0.4, -0.2) is 11.5 Å². The van der Waals surface area contributed by atoms with E-state index in [0.717, 1.165) is 36.1 Å². The van der Waals surface area contributed by atoms with E-state index in [4.69, 9.17) is 4.98 Å². The van der Waals surface area contributed by atoms with Crippen molar-refractivity contribution in [2.45, 2.75) is 45.6 Å². The minimum Gasteiger partial charge on any atom is -0.311 e. The second kappa shape index (κ2) is 7.04. The number of nitrogens with one attached hydrogen (secondary N) is 1. The Morgan fingerprint density at radius 3 is 2.71 bits per heavy atom. The summed E-state index contributed by atoms with van der Waals surface area (Å²) in [7, 11) is 0. The van der Waals surface area contributed by atoms with Gasteiger partial charge in [-0.2, -0.15) is 0 Å². The topological polar surface area (TPSA) is 24.9 Å². The largest absolute Gasteiger partial charge is 0.311 e. The molecule has 0 amide bonds. The maximum Gasteiger partial charge on any atom is 0.0705 e. The van der Waals surface area contributed by atoms with E-state index in [1.54, 1.807) is 0 Å². The van der Waals surface area contributed by atoms with Crippen molar-refractivity contribution in [3.05, 3.63) is 42.1 Å². The molecular weight excluding hydrogens is 256 g/mol. The average Bonchev–Trinajstić information content (AvgIpc) is 2.53. The van der Waals surface area contributed by atoms with Crippen molar-refractivity contribution >= 4 is 10.9 Å². The van der Waals surface area contributed by atoms with Gasteiger partial charge in [-0.15, -0.1) is 0 Å². The normalized spacial score (nSPS) is 22.5. The van der Waals surface area contributed by atoms with Crippen molar-refractivity contribution in [2.24, 2.45) is 11.8 Å². The van der Waals surface area contributed by atoms with Crippen molar-refractivity contribution in [1.82, 2.24) is 10.3 Å². The highest BCUT2D eigenvalue weighted by Crippen LogP contribution is 2.29. The number of hydrogen-bond donors (Lipinski definition) is 1. The van der Waals surface area contributed by atoms with Crippen LogP contribution in [-0.2, 0) is 6.54 Å². The number of fused-ring (bicyclic) bond motifs is 1. The van der Waals surface area contributed by atoms with E-state index < -0.39 is 0 Å². The van der Waals surface area contributed by atoms with E-state index in [1.807, 2.05) is 0 Å². The minimum atomic E-state index is 0.883. The number of benzene rings is 1. The molecule has 3 rings (SSSR count). The first-order valence-corrected chi connectivity index (χ1v) is 8.36. The van der Waals surface area contributed by atoms with Gasteiger partial charge >= 0.3 is 0 Å².